The number of aromatic nitrogens is 2. The number of carbonyl (C=O) groups excluding carboxylic acids is 1. The number of likely N-dealkylation sites (tertiary alicyclic amines) is 1. The maximum absolute atomic E-state index is 11.9. The van der Waals surface area contributed by atoms with E-state index in [9.17, 15) is 9.59 Å². The number of rotatable bonds is 3. The van der Waals surface area contributed by atoms with Crippen LogP contribution in [0.3, 0.4) is 0 Å². The highest BCUT2D eigenvalue weighted by atomic mass is 16.4. The van der Waals surface area contributed by atoms with Crippen LogP contribution in [0, 0.1) is 5.92 Å². The molecular weight excluding hydrogens is 236 g/mol. The molecule has 1 aromatic heterocycles. The first kappa shape index (κ1) is 12.4. The number of carboxylic acids is 1. The SMILES string of the molecule is Cn1cc(NC(=O)N2CCC(CC(=O)O)C2)cn1. The fourth-order valence-corrected chi connectivity index (χ4v) is 2.12. The van der Waals surface area contributed by atoms with E-state index in [1.54, 1.807) is 29.0 Å². The first-order chi connectivity index (χ1) is 8.54. The fraction of sp³-hybridized carbons (Fsp3) is 0.545. The lowest BCUT2D eigenvalue weighted by atomic mass is 10.1. The molecule has 1 aromatic rings. The number of carboxylic acid groups (broad SMARTS) is 1. The molecule has 18 heavy (non-hydrogen) atoms. The minimum Gasteiger partial charge on any atom is -0.481 e. The average molecular weight is 252 g/mol. The van der Waals surface area contributed by atoms with Crippen molar-refractivity contribution in [3.63, 3.8) is 0 Å². The first-order valence-electron chi connectivity index (χ1n) is 5.81. The van der Waals surface area contributed by atoms with Crippen molar-refractivity contribution in [2.45, 2.75) is 12.8 Å². The molecule has 1 atom stereocenters. The molecule has 1 aliphatic rings. The van der Waals surface area contributed by atoms with E-state index in [2.05, 4.69) is 10.4 Å². The highest BCUT2D eigenvalue weighted by molar-refractivity contribution is 5.89. The number of amides is 2. The minimum absolute atomic E-state index is 0.0575. The van der Waals surface area contributed by atoms with E-state index in [4.69, 9.17) is 5.11 Å². The fourth-order valence-electron chi connectivity index (χ4n) is 2.12. The summed E-state index contributed by atoms with van der Waals surface area (Å²) in [5.41, 5.74) is 0.643. The van der Waals surface area contributed by atoms with Crippen LogP contribution in [0.15, 0.2) is 12.4 Å². The molecule has 1 fully saturated rings. The highest BCUT2D eigenvalue weighted by Gasteiger charge is 2.27. The summed E-state index contributed by atoms with van der Waals surface area (Å²) in [5.74, 6) is -0.753. The summed E-state index contributed by atoms with van der Waals surface area (Å²) in [6.07, 6.45) is 4.15. The largest absolute Gasteiger partial charge is 0.481 e. The van der Waals surface area contributed by atoms with Gasteiger partial charge in [-0.3, -0.25) is 9.48 Å². The summed E-state index contributed by atoms with van der Waals surface area (Å²) in [7, 11) is 1.77. The van der Waals surface area contributed by atoms with Crippen LogP contribution in [0.1, 0.15) is 12.8 Å². The van der Waals surface area contributed by atoms with Crippen molar-refractivity contribution < 1.29 is 14.7 Å². The maximum Gasteiger partial charge on any atom is 0.321 e. The van der Waals surface area contributed by atoms with Crippen LogP contribution in [0.5, 0.6) is 0 Å². The Balaban J connectivity index is 1.85. The van der Waals surface area contributed by atoms with Crippen molar-refractivity contribution in [3.05, 3.63) is 12.4 Å². The van der Waals surface area contributed by atoms with Crippen LogP contribution in [-0.2, 0) is 11.8 Å². The monoisotopic (exact) mass is 252 g/mol. The lowest BCUT2D eigenvalue weighted by molar-refractivity contribution is -0.138. The Morgan fingerprint density at radius 3 is 3.00 bits per heavy atom. The molecule has 0 radical (unpaired) electrons. The summed E-state index contributed by atoms with van der Waals surface area (Å²) in [6.45, 7) is 1.10. The van der Waals surface area contributed by atoms with Gasteiger partial charge in [0.25, 0.3) is 0 Å². The zero-order valence-corrected chi connectivity index (χ0v) is 10.2. The van der Waals surface area contributed by atoms with E-state index in [0.29, 0.717) is 18.8 Å². The molecule has 2 N–H and O–H groups in total. The van der Waals surface area contributed by atoms with Crippen molar-refractivity contribution in [1.82, 2.24) is 14.7 Å². The smallest absolute Gasteiger partial charge is 0.321 e. The number of anilines is 1. The molecule has 0 saturated carbocycles. The lowest BCUT2D eigenvalue weighted by Gasteiger charge is -2.16. The molecule has 0 bridgehead atoms. The number of aryl methyl sites for hydroxylation is 1. The summed E-state index contributed by atoms with van der Waals surface area (Å²) in [5, 5.41) is 15.4. The van der Waals surface area contributed by atoms with Gasteiger partial charge in [-0.05, 0) is 12.3 Å². The molecule has 0 spiro atoms. The molecule has 7 heteroatoms. The van der Waals surface area contributed by atoms with Crippen LogP contribution in [0.2, 0.25) is 0 Å². The number of nitrogens with one attached hydrogen (secondary N) is 1. The molecule has 1 saturated heterocycles. The number of hydrogen-bond donors (Lipinski definition) is 2. The van der Waals surface area contributed by atoms with Crippen LogP contribution in [-0.4, -0.2) is 44.9 Å². The number of hydrogen-bond acceptors (Lipinski definition) is 3. The maximum atomic E-state index is 11.9. The van der Waals surface area contributed by atoms with Gasteiger partial charge in [-0.1, -0.05) is 0 Å². The summed E-state index contributed by atoms with van der Waals surface area (Å²) in [6, 6.07) is -0.198. The number of nitrogens with zero attached hydrogens (tertiary/aromatic N) is 3. The second kappa shape index (κ2) is 5.07. The zero-order valence-electron chi connectivity index (χ0n) is 10.2. The first-order valence-corrected chi connectivity index (χ1v) is 5.81. The van der Waals surface area contributed by atoms with Crippen molar-refractivity contribution >= 4 is 17.7 Å². The van der Waals surface area contributed by atoms with E-state index in [1.807, 2.05) is 0 Å². The third kappa shape index (κ3) is 2.99. The molecule has 2 rings (SSSR count). The molecular formula is C11H16N4O3. The molecule has 0 aromatic carbocycles. The predicted octanol–water partition coefficient (Wildman–Crippen LogP) is 0.749. The topological polar surface area (TPSA) is 87.5 Å². The number of urea groups is 1. The standard InChI is InChI=1S/C11H16N4O3/c1-14-7-9(5-12-14)13-11(18)15-3-2-8(6-15)4-10(16)17/h5,7-8H,2-4,6H2,1H3,(H,13,18)(H,16,17). The van der Waals surface area contributed by atoms with Gasteiger partial charge >= 0.3 is 12.0 Å². The summed E-state index contributed by atoms with van der Waals surface area (Å²) in [4.78, 5) is 24.1. The van der Waals surface area contributed by atoms with Crippen LogP contribution in [0.4, 0.5) is 10.5 Å². The van der Waals surface area contributed by atoms with E-state index in [0.717, 1.165) is 6.42 Å². The second-order valence-corrected chi connectivity index (χ2v) is 4.53. The van der Waals surface area contributed by atoms with E-state index in [1.165, 1.54) is 0 Å². The van der Waals surface area contributed by atoms with Crippen molar-refractivity contribution in [2.24, 2.45) is 13.0 Å². The molecule has 2 amide bonds. The summed E-state index contributed by atoms with van der Waals surface area (Å²) >= 11 is 0. The Labute approximate surface area is 104 Å². The van der Waals surface area contributed by atoms with Crippen LogP contribution >= 0.6 is 0 Å². The third-order valence-electron chi connectivity index (χ3n) is 2.99. The third-order valence-corrected chi connectivity index (χ3v) is 2.99. The van der Waals surface area contributed by atoms with Gasteiger partial charge in [-0.15, -0.1) is 0 Å². The Kier molecular flexibility index (Phi) is 3.50. The van der Waals surface area contributed by atoms with Gasteiger partial charge in [0.1, 0.15) is 0 Å². The minimum atomic E-state index is -0.811. The molecule has 98 valence electrons. The Bertz CT molecular complexity index is 457. The van der Waals surface area contributed by atoms with Crippen LogP contribution < -0.4 is 5.32 Å². The molecule has 1 unspecified atom stereocenters. The predicted molar refractivity (Wildman–Crippen MR) is 64.2 cm³/mol. The number of aliphatic carboxylic acids is 1. The normalized spacial score (nSPS) is 18.9. The van der Waals surface area contributed by atoms with Gasteiger partial charge < -0.3 is 15.3 Å². The summed E-state index contributed by atoms with van der Waals surface area (Å²) < 4.78 is 1.60. The van der Waals surface area contributed by atoms with Crippen molar-refractivity contribution in [1.29, 1.82) is 0 Å². The van der Waals surface area contributed by atoms with Gasteiger partial charge in [-0.25, -0.2) is 4.79 Å². The van der Waals surface area contributed by atoms with Gasteiger partial charge in [0, 0.05) is 32.8 Å². The average Bonchev–Trinajstić information content (AvgIpc) is 2.87. The van der Waals surface area contributed by atoms with Gasteiger partial charge in [-0.2, -0.15) is 5.10 Å². The second-order valence-electron chi connectivity index (χ2n) is 4.53. The van der Waals surface area contributed by atoms with Gasteiger partial charge in [0.05, 0.1) is 11.9 Å². The Morgan fingerprint density at radius 2 is 2.39 bits per heavy atom. The van der Waals surface area contributed by atoms with Gasteiger partial charge in [0.15, 0.2) is 0 Å². The lowest BCUT2D eigenvalue weighted by Crippen LogP contribution is -2.33. The molecule has 2 heterocycles. The van der Waals surface area contributed by atoms with Gasteiger partial charge in [0.2, 0.25) is 0 Å². The Hall–Kier alpha value is -2.05. The quantitative estimate of drug-likeness (QED) is 0.831. The molecule has 0 aliphatic carbocycles. The zero-order chi connectivity index (χ0) is 13.1. The van der Waals surface area contributed by atoms with Crippen molar-refractivity contribution in [2.75, 3.05) is 18.4 Å². The van der Waals surface area contributed by atoms with Crippen LogP contribution in [0.25, 0.3) is 0 Å². The molecule has 1 aliphatic heterocycles. The van der Waals surface area contributed by atoms with E-state index < -0.39 is 5.97 Å². The molecule has 7 nitrogen and oxygen atoms in total. The van der Waals surface area contributed by atoms with E-state index in [-0.39, 0.29) is 18.4 Å². The highest BCUT2D eigenvalue weighted by Crippen LogP contribution is 2.20. The van der Waals surface area contributed by atoms with Crippen molar-refractivity contribution in [3.8, 4) is 0 Å². The Morgan fingerprint density at radius 1 is 1.61 bits per heavy atom. The number of carbonyl (C=O) groups is 2. The van der Waals surface area contributed by atoms with E-state index >= 15 is 0 Å².